The predicted molar refractivity (Wildman–Crippen MR) is 113 cm³/mol. The van der Waals surface area contributed by atoms with Crippen molar-refractivity contribution in [1.29, 1.82) is 0 Å². The molecule has 6 nitrogen and oxygen atoms in total. The Kier molecular flexibility index (Phi) is 5.31. The number of benzene rings is 1. The zero-order chi connectivity index (χ0) is 20.6. The molecule has 3 fully saturated rings. The first-order valence-electron chi connectivity index (χ1n) is 10.9. The molecule has 5 rings (SSSR count). The van der Waals surface area contributed by atoms with E-state index in [1.165, 1.54) is 5.56 Å². The highest BCUT2D eigenvalue weighted by molar-refractivity contribution is 5.95. The molecule has 0 bridgehead atoms. The van der Waals surface area contributed by atoms with Gasteiger partial charge >= 0.3 is 0 Å². The number of amides is 1. The van der Waals surface area contributed by atoms with Gasteiger partial charge in [-0.15, -0.1) is 0 Å². The molecule has 2 atom stereocenters. The van der Waals surface area contributed by atoms with Gasteiger partial charge in [-0.3, -0.25) is 14.7 Å². The average Bonchev–Trinajstić information content (AvgIpc) is 2.77. The number of hydrogen-bond donors (Lipinski definition) is 1. The summed E-state index contributed by atoms with van der Waals surface area (Å²) in [6.45, 7) is 4.16. The number of likely N-dealkylation sites (tertiary alicyclic amines) is 2. The largest absolute Gasteiger partial charge is 0.395 e. The van der Waals surface area contributed by atoms with Crippen LogP contribution in [0, 0.1) is 5.92 Å². The molecule has 1 amide bonds. The van der Waals surface area contributed by atoms with Gasteiger partial charge in [0.05, 0.1) is 12.1 Å². The van der Waals surface area contributed by atoms with Gasteiger partial charge in [0.2, 0.25) is 0 Å². The van der Waals surface area contributed by atoms with Gasteiger partial charge in [-0.1, -0.05) is 30.3 Å². The van der Waals surface area contributed by atoms with Crippen LogP contribution in [0.15, 0.2) is 54.9 Å². The summed E-state index contributed by atoms with van der Waals surface area (Å²) in [7, 11) is 0. The van der Waals surface area contributed by atoms with Gasteiger partial charge in [-0.05, 0) is 36.5 Å². The van der Waals surface area contributed by atoms with Crippen molar-refractivity contribution in [2.75, 3.05) is 39.5 Å². The fraction of sp³-hybridized carbons (Fsp3) is 0.500. The molecule has 3 aliphatic heterocycles. The SMILES string of the molecule is O=C(c1ccncc1)N1CC2(C1)[C@H](c1ccccc1)[C@@H](CO)N2CC1CCOCC1. The first-order chi connectivity index (χ1) is 14.7. The number of ether oxygens (including phenoxy) is 1. The minimum atomic E-state index is -0.0876. The number of rotatable bonds is 5. The lowest BCUT2D eigenvalue weighted by Crippen LogP contribution is -2.85. The molecule has 1 aromatic carbocycles. The van der Waals surface area contributed by atoms with E-state index in [9.17, 15) is 9.90 Å². The Morgan fingerprint density at radius 3 is 2.47 bits per heavy atom. The first-order valence-corrected chi connectivity index (χ1v) is 10.9. The van der Waals surface area contributed by atoms with E-state index in [4.69, 9.17) is 4.74 Å². The van der Waals surface area contributed by atoms with Gasteiger partial charge in [0.1, 0.15) is 0 Å². The molecule has 1 spiro atoms. The van der Waals surface area contributed by atoms with Crippen molar-refractivity contribution in [1.82, 2.24) is 14.8 Å². The normalized spacial score (nSPS) is 26.2. The molecule has 4 heterocycles. The van der Waals surface area contributed by atoms with Gasteiger partial charge in [0.25, 0.3) is 5.91 Å². The monoisotopic (exact) mass is 407 g/mol. The molecule has 6 heteroatoms. The molecule has 0 radical (unpaired) electrons. The molecule has 30 heavy (non-hydrogen) atoms. The van der Waals surface area contributed by atoms with E-state index in [0.717, 1.165) is 32.6 Å². The summed E-state index contributed by atoms with van der Waals surface area (Å²) in [6, 6.07) is 14.1. The molecule has 0 aliphatic carbocycles. The Hall–Kier alpha value is -2.28. The molecule has 1 N–H and O–H groups in total. The second-order valence-corrected chi connectivity index (χ2v) is 8.85. The van der Waals surface area contributed by atoms with Crippen LogP contribution in [-0.4, -0.2) is 76.8 Å². The van der Waals surface area contributed by atoms with E-state index in [0.29, 0.717) is 24.6 Å². The maximum Gasteiger partial charge on any atom is 0.254 e. The van der Waals surface area contributed by atoms with Gasteiger partial charge in [0, 0.05) is 62.8 Å². The smallest absolute Gasteiger partial charge is 0.254 e. The summed E-state index contributed by atoms with van der Waals surface area (Å²) in [6.07, 6.45) is 5.47. The van der Waals surface area contributed by atoms with Crippen LogP contribution < -0.4 is 0 Å². The molecule has 158 valence electrons. The summed E-state index contributed by atoms with van der Waals surface area (Å²) in [5, 5.41) is 10.3. The molecule has 3 saturated heterocycles. The maximum atomic E-state index is 13.0. The number of hydrogen-bond acceptors (Lipinski definition) is 5. The Balaban J connectivity index is 1.39. The Labute approximate surface area is 177 Å². The number of aliphatic hydroxyl groups excluding tert-OH is 1. The second-order valence-electron chi connectivity index (χ2n) is 8.85. The van der Waals surface area contributed by atoms with Crippen molar-refractivity contribution in [3.8, 4) is 0 Å². The van der Waals surface area contributed by atoms with E-state index in [1.807, 2.05) is 11.0 Å². The van der Waals surface area contributed by atoms with E-state index in [1.54, 1.807) is 24.5 Å². The zero-order valence-electron chi connectivity index (χ0n) is 17.2. The van der Waals surface area contributed by atoms with Crippen LogP contribution in [0.2, 0.25) is 0 Å². The minimum absolute atomic E-state index is 0.0632. The highest BCUT2D eigenvalue weighted by Crippen LogP contribution is 2.54. The standard InChI is InChI=1S/C24H29N3O3/c28-15-21-22(19-4-2-1-3-5-19)24(27(21)14-18-8-12-30-13-9-18)16-26(17-24)23(29)20-6-10-25-11-7-20/h1-7,10-11,18,21-22,28H,8-9,12-17H2/t21-,22-/m1/s1. The lowest BCUT2D eigenvalue weighted by Gasteiger charge is -2.71. The first kappa shape index (κ1) is 19.7. The zero-order valence-corrected chi connectivity index (χ0v) is 17.2. The van der Waals surface area contributed by atoms with Crippen molar-refractivity contribution in [3.05, 3.63) is 66.0 Å². The Morgan fingerprint density at radius 1 is 1.10 bits per heavy atom. The van der Waals surface area contributed by atoms with Gasteiger partial charge in [-0.2, -0.15) is 0 Å². The van der Waals surface area contributed by atoms with E-state index >= 15 is 0 Å². The summed E-state index contributed by atoms with van der Waals surface area (Å²) in [5.41, 5.74) is 1.86. The summed E-state index contributed by atoms with van der Waals surface area (Å²) in [5.74, 6) is 0.893. The van der Waals surface area contributed by atoms with E-state index in [2.05, 4.69) is 34.1 Å². The number of aromatic nitrogens is 1. The molecule has 3 aliphatic rings. The number of carbonyl (C=O) groups excluding carboxylic acids is 1. The van der Waals surface area contributed by atoms with Gasteiger partial charge < -0.3 is 14.7 Å². The molecule has 2 aromatic rings. The van der Waals surface area contributed by atoms with Crippen LogP contribution >= 0.6 is 0 Å². The number of aliphatic hydroxyl groups is 1. The van der Waals surface area contributed by atoms with Crippen molar-refractivity contribution >= 4 is 5.91 Å². The molecule has 0 saturated carbocycles. The van der Waals surface area contributed by atoms with E-state index < -0.39 is 0 Å². The number of nitrogens with zero attached hydrogens (tertiary/aromatic N) is 3. The third kappa shape index (κ3) is 3.23. The number of carbonyl (C=O) groups is 1. The maximum absolute atomic E-state index is 13.0. The molecule has 1 aromatic heterocycles. The van der Waals surface area contributed by atoms with Crippen LogP contribution in [0.1, 0.15) is 34.7 Å². The topological polar surface area (TPSA) is 65.9 Å². The molecular weight excluding hydrogens is 378 g/mol. The van der Waals surface area contributed by atoms with Gasteiger partial charge in [-0.25, -0.2) is 0 Å². The predicted octanol–water partition coefficient (Wildman–Crippen LogP) is 2.16. The summed E-state index contributed by atoms with van der Waals surface area (Å²) >= 11 is 0. The van der Waals surface area contributed by atoms with Gasteiger partial charge in [0.15, 0.2) is 0 Å². The fourth-order valence-electron chi connectivity index (χ4n) is 5.70. The van der Waals surface area contributed by atoms with E-state index in [-0.39, 0.29) is 30.0 Å². The van der Waals surface area contributed by atoms with Crippen molar-refractivity contribution < 1.29 is 14.6 Å². The Bertz CT molecular complexity index is 864. The fourth-order valence-corrected chi connectivity index (χ4v) is 5.70. The van der Waals surface area contributed by atoms with Crippen molar-refractivity contribution in [2.24, 2.45) is 5.92 Å². The highest BCUT2D eigenvalue weighted by Gasteiger charge is 2.66. The third-order valence-electron chi connectivity index (χ3n) is 7.22. The summed E-state index contributed by atoms with van der Waals surface area (Å²) < 4.78 is 5.54. The molecular formula is C24H29N3O3. The van der Waals surface area contributed by atoms with Crippen LogP contribution in [0.5, 0.6) is 0 Å². The highest BCUT2D eigenvalue weighted by atomic mass is 16.5. The van der Waals surface area contributed by atoms with Crippen molar-refractivity contribution in [3.63, 3.8) is 0 Å². The minimum Gasteiger partial charge on any atom is -0.395 e. The summed E-state index contributed by atoms with van der Waals surface area (Å²) in [4.78, 5) is 21.4. The second kappa shape index (κ2) is 8.10. The quantitative estimate of drug-likeness (QED) is 0.823. The average molecular weight is 408 g/mol. The van der Waals surface area contributed by atoms with Crippen molar-refractivity contribution in [2.45, 2.75) is 30.3 Å². The lowest BCUT2D eigenvalue weighted by atomic mass is 9.60. The lowest BCUT2D eigenvalue weighted by molar-refractivity contribution is -0.186. The number of pyridine rings is 1. The van der Waals surface area contributed by atoms with Crippen LogP contribution in [0.4, 0.5) is 0 Å². The Morgan fingerprint density at radius 2 is 1.80 bits per heavy atom. The van der Waals surface area contributed by atoms with Crippen LogP contribution in [-0.2, 0) is 4.74 Å². The van der Waals surface area contributed by atoms with Crippen LogP contribution in [0.25, 0.3) is 0 Å². The molecule has 0 unspecified atom stereocenters. The third-order valence-corrected chi connectivity index (χ3v) is 7.22. The van der Waals surface area contributed by atoms with Crippen LogP contribution in [0.3, 0.4) is 0 Å².